The van der Waals surface area contributed by atoms with Crippen LogP contribution < -0.4 is 10.5 Å². The van der Waals surface area contributed by atoms with Gasteiger partial charge in [0.25, 0.3) is 0 Å². The average molecular weight is 448 g/mol. The van der Waals surface area contributed by atoms with Crippen LogP contribution in [-0.4, -0.2) is 58.1 Å². The standard InChI is InChI=1S/C23H31F2N5O2/c1-12(2)30-19(9-18(28-30)14-6-20(32-23(24)25)22(26)27-10-14)21-16-7-15(8-17(16)21)29-4-5-31-13(3)11-29/h6,9-10,12-13,15-17,21,23H,4-5,7-8,11H2,1-3H3,(H2,26,27)/t13-,15-,16?,17+,21+/m0/s1. The Morgan fingerprint density at radius 3 is 2.62 bits per heavy atom. The quantitative estimate of drug-likeness (QED) is 0.723. The number of nitrogens with two attached hydrogens (primary N) is 1. The van der Waals surface area contributed by atoms with E-state index in [1.54, 1.807) is 6.20 Å². The number of hydrogen-bond donors (Lipinski definition) is 1. The van der Waals surface area contributed by atoms with Gasteiger partial charge in [-0.3, -0.25) is 9.58 Å². The number of halogens is 2. The van der Waals surface area contributed by atoms with Crippen molar-refractivity contribution >= 4 is 5.82 Å². The topological polar surface area (TPSA) is 78.4 Å². The summed E-state index contributed by atoms with van der Waals surface area (Å²) in [7, 11) is 0. The lowest BCUT2D eigenvalue weighted by molar-refractivity contribution is -0.0494. The van der Waals surface area contributed by atoms with Gasteiger partial charge in [-0.1, -0.05) is 0 Å². The van der Waals surface area contributed by atoms with E-state index in [9.17, 15) is 8.78 Å². The summed E-state index contributed by atoms with van der Waals surface area (Å²) in [5.74, 6) is 1.69. The summed E-state index contributed by atoms with van der Waals surface area (Å²) in [4.78, 5) is 6.64. The van der Waals surface area contributed by atoms with Gasteiger partial charge in [0.05, 0.1) is 18.4 Å². The molecule has 2 N–H and O–H groups in total. The van der Waals surface area contributed by atoms with E-state index in [0.29, 0.717) is 41.2 Å². The second-order valence-electron chi connectivity index (χ2n) is 9.63. The molecule has 2 saturated carbocycles. The molecule has 9 heteroatoms. The van der Waals surface area contributed by atoms with Crippen molar-refractivity contribution < 1.29 is 18.3 Å². The van der Waals surface area contributed by atoms with E-state index in [4.69, 9.17) is 15.6 Å². The van der Waals surface area contributed by atoms with Gasteiger partial charge in [-0.25, -0.2) is 4.98 Å². The van der Waals surface area contributed by atoms with Gasteiger partial charge in [0, 0.05) is 48.5 Å². The maximum Gasteiger partial charge on any atom is 0.387 e. The highest BCUT2D eigenvalue weighted by atomic mass is 19.3. The third-order valence-electron chi connectivity index (χ3n) is 7.20. The average Bonchev–Trinajstić information content (AvgIpc) is 3.08. The normalized spacial score (nSPS) is 30.2. The van der Waals surface area contributed by atoms with Crippen LogP contribution in [0.4, 0.5) is 14.6 Å². The van der Waals surface area contributed by atoms with Crippen LogP contribution in [0.15, 0.2) is 18.3 Å². The third-order valence-corrected chi connectivity index (χ3v) is 7.20. The summed E-state index contributed by atoms with van der Waals surface area (Å²) in [5, 5.41) is 4.80. The van der Waals surface area contributed by atoms with E-state index >= 15 is 0 Å². The summed E-state index contributed by atoms with van der Waals surface area (Å²) < 4.78 is 37.7. The molecule has 2 aromatic rings. The van der Waals surface area contributed by atoms with Crippen molar-refractivity contribution in [3.05, 3.63) is 24.0 Å². The highest BCUT2D eigenvalue weighted by molar-refractivity contribution is 5.64. The lowest BCUT2D eigenvalue weighted by atomic mass is 10.0. The molecule has 1 saturated heterocycles. The molecule has 32 heavy (non-hydrogen) atoms. The van der Waals surface area contributed by atoms with Gasteiger partial charge in [0.1, 0.15) is 0 Å². The minimum atomic E-state index is -2.95. The zero-order valence-corrected chi connectivity index (χ0v) is 18.7. The molecule has 3 heterocycles. The number of pyridine rings is 1. The number of nitrogens with zero attached hydrogens (tertiary/aromatic N) is 4. The first kappa shape index (κ1) is 21.6. The fourth-order valence-electron chi connectivity index (χ4n) is 5.72. The third kappa shape index (κ3) is 3.96. The summed E-state index contributed by atoms with van der Waals surface area (Å²) in [6, 6.07) is 4.44. The maximum atomic E-state index is 12.7. The summed E-state index contributed by atoms with van der Waals surface area (Å²) >= 11 is 0. The molecule has 1 unspecified atom stereocenters. The lowest BCUT2D eigenvalue weighted by Gasteiger charge is -2.36. The first-order valence-electron chi connectivity index (χ1n) is 11.5. The van der Waals surface area contributed by atoms with Crippen LogP contribution in [-0.2, 0) is 4.74 Å². The summed E-state index contributed by atoms with van der Waals surface area (Å²) in [6.07, 6.45) is 4.31. The van der Waals surface area contributed by atoms with Crippen LogP contribution in [0.2, 0.25) is 0 Å². The monoisotopic (exact) mass is 447 g/mol. The van der Waals surface area contributed by atoms with Crippen molar-refractivity contribution in [1.29, 1.82) is 0 Å². The SMILES string of the molecule is CC(C)n1nc(-c2cnc(N)c(OC(F)F)c2)cc1[C@@H]1C2C[C@H](N3CCO[C@@H](C)C3)C[C@H]21. The predicted octanol–water partition coefficient (Wildman–Crippen LogP) is 3.92. The Bertz CT molecular complexity index is 969. The Hall–Kier alpha value is -2.26. The smallest absolute Gasteiger partial charge is 0.387 e. The van der Waals surface area contributed by atoms with Crippen LogP contribution in [0.25, 0.3) is 11.3 Å². The van der Waals surface area contributed by atoms with Gasteiger partial charge in [0.2, 0.25) is 0 Å². The van der Waals surface area contributed by atoms with E-state index in [0.717, 1.165) is 19.7 Å². The summed E-state index contributed by atoms with van der Waals surface area (Å²) in [6.45, 7) is 6.30. The maximum absolute atomic E-state index is 12.7. The number of anilines is 1. The molecular formula is C23H31F2N5O2. The number of alkyl halides is 2. The molecule has 0 aromatic carbocycles. The molecular weight excluding hydrogens is 416 g/mol. The number of ether oxygens (including phenoxy) is 2. The molecule has 0 amide bonds. The number of rotatable bonds is 6. The molecule has 1 aliphatic heterocycles. The molecule has 3 aliphatic rings. The van der Waals surface area contributed by atoms with Crippen LogP contribution in [0.3, 0.4) is 0 Å². The first-order valence-corrected chi connectivity index (χ1v) is 11.5. The van der Waals surface area contributed by atoms with Gasteiger partial charge >= 0.3 is 6.61 Å². The van der Waals surface area contributed by atoms with Gasteiger partial charge in [0.15, 0.2) is 11.6 Å². The predicted molar refractivity (Wildman–Crippen MR) is 117 cm³/mol. The Kier molecular flexibility index (Phi) is 5.57. The zero-order valence-electron chi connectivity index (χ0n) is 18.7. The minimum Gasteiger partial charge on any atom is -0.431 e. The molecule has 174 valence electrons. The van der Waals surface area contributed by atoms with E-state index < -0.39 is 6.61 Å². The Morgan fingerprint density at radius 1 is 1.22 bits per heavy atom. The van der Waals surface area contributed by atoms with Crippen molar-refractivity contribution in [2.75, 3.05) is 25.4 Å². The van der Waals surface area contributed by atoms with Crippen LogP contribution in [0, 0.1) is 11.8 Å². The van der Waals surface area contributed by atoms with Crippen molar-refractivity contribution in [2.45, 2.75) is 64.3 Å². The molecule has 3 fully saturated rings. The van der Waals surface area contributed by atoms with Gasteiger partial charge in [-0.05, 0) is 57.6 Å². The second kappa shape index (κ2) is 8.26. The zero-order chi connectivity index (χ0) is 22.6. The Morgan fingerprint density at radius 2 is 1.97 bits per heavy atom. The van der Waals surface area contributed by atoms with Gasteiger partial charge in [-0.2, -0.15) is 13.9 Å². The molecule has 0 spiro atoms. The van der Waals surface area contributed by atoms with Gasteiger partial charge < -0.3 is 15.2 Å². The highest BCUT2D eigenvalue weighted by Crippen LogP contribution is 2.64. The molecule has 2 aromatic heterocycles. The number of morpholine rings is 1. The van der Waals surface area contributed by atoms with Crippen molar-refractivity contribution in [2.24, 2.45) is 11.8 Å². The number of hydrogen-bond acceptors (Lipinski definition) is 6. The molecule has 0 bridgehead atoms. The van der Waals surface area contributed by atoms with E-state index in [1.807, 2.05) is 0 Å². The molecule has 0 radical (unpaired) electrons. The Labute approximate surface area is 186 Å². The molecule has 5 atom stereocenters. The minimum absolute atomic E-state index is 0.0576. The molecule has 5 rings (SSSR count). The Balaban J connectivity index is 1.35. The van der Waals surface area contributed by atoms with E-state index in [1.165, 1.54) is 24.6 Å². The first-order chi connectivity index (χ1) is 15.3. The number of nitrogen functional groups attached to an aromatic ring is 1. The van der Waals surface area contributed by atoms with Crippen LogP contribution in [0.5, 0.6) is 5.75 Å². The summed E-state index contributed by atoms with van der Waals surface area (Å²) in [5.41, 5.74) is 8.26. The van der Waals surface area contributed by atoms with Crippen LogP contribution in [0.1, 0.15) is 51.3 Å². The van der Waals surface area contributed by atoms with Gasteiger partial charge in [-0.15, -0.1) is 0 Å². The molecule has 7 nitrogen and oxygen atoms in total. The van der Waals surface area contributed by atoms with E-state index in [2.05, 4.69) is 46.1 Å². The second-order valence-corrected chi connectivity index (χ2v) is 9.63. The lowest BCUT2D eigenvalue weighted by Crippen LogP contribution is -2.46. The van der Waals surface area contributed by atoms with Crippen molar-refractivity contribution in [3.8, 4) is 17.0 Å². The highest BCUT2D eigenvalue weighted by Gasteiger charge is 2.58. The fourth-order valence-corrected chi connectivity index (χ4v) is 5.72. The van der Waals surface area contributed by atoms with Crippen LogP contribution >= 0.6 is 0 Å². The fraction of sp³-hybridized carbons (Fsp3) is 0.652. The van der Waals surface area contributed by atoms with E-state index in [-0.39, 0.29) is 17.6 Å². The number of aromatic nitrogens is 3. The van der Waals surface area contributed by atoms with Crippen molar-refractivity contribution in [1.82, 2.24) is 19.7 Å². The number of fused-ring (bicyclic) bond motifs is 1. The molecule has 2 aliphatic carbocycles. The largest absolute Gasteiger partial charge is 0.431 e. The van der Waals surface area contributed by atoms with Crippen molar-refractivity contribution in [3.63, 3.8) is 0 Å².